The Morgan fingerprint density at radius 2 is 2.15 bits per heavy atom. The van der Waals surface area contributed by atoms with E-state index in [0.29, 0.717) is 11.6 Å². The zero-order valence-corrected chi connectivity index (χ0v) is 12.3. The van der Waals surface area contributed by atoms with Crippen molar-refractivity contribution in [1.29, 1.82) is 0 Å². The number of benzene rings is 1. The Balaban J connectivity index is 2.26. The van der Waals surface area contributed by atoms with Gasteiger partial charge in [0.1, 0.15) is 10.9 Å². The first-order chi connectivity index (χ1) is 9.63. The van der Waals surface area contributed by atoms with Crippen LogP contribution >= 0.6 is 11.6 Å². The zero-order chi connectivity index (χ0) is 14.5. The van der Waals surface area contributed by atoms with E-state index in [1.165, 1.54) is 5.56 Å². The summed E-state index contributed by atoms with van der Waals surface area (Å²) in [5.74, 6) is 6.53. The third-order valence-corrected chi connectivity index (χ3v) is 3.44. The largest absolute Gasteiger partial charge is 0.496 e. The first-order valence-corrected chi connectivity index (χ1v) is 6.73. The molecule has 0 aliphatic carbocycles. The number of ether oxygens (including phenoxy) is 1. The second-order valence-corrected chi connectivity index (χ2v) is 5.04. The van der Waals surface area contributed by atoms with Gasteiger partial charge in [0.05, 0.1) is 13.2 Å². The highest BCUT2D eigenvalue weighted by Gasteiger charge is 2.14. The zero-order valence-electron chi connectivity index (χ0n) is 11.6. The van der Waals surface area contributed by atoms with Crippen LogP contribution in [0, 0.1) is 6.92 Å². The lowest BCUT2D eigenvalue weighted by Gasteiger charge is -2.18. The molecule has 0 saturated carbocycles. The topological polar surface area (TPSA) is 60.2 Å². The van der Waals surface area contributed by atoms with Gasteiger partial charge in [-0.3, -0.25) is 11.3 Å². The molecule has 0 fully saturated rings. The monoisotopic (exact) mass is 291 g/mol. The standard InChI is InChI=1S/C15H18ClN3O/c1-10-3-5-14(20-2)12(7-10)8-13(19-17)11-4-6-15(16)18-9-11/h3-7,9,13,19H,8,17H2,1-2H3. The molecular formula is C15H18ClN3O. The first kappa shape index (κ1) is 14.8. The lowest BCUT2D eigenvalue weighted by atomic mass is 9.99. The van der Waals surface area contributed by atoms with E-state index in [0.717, 1.165) is 16.9 Å². The molecule has 1 aromatic heterocycles. The summed E-state index contributed by atoms with van der Waals surface area (Å²) >= 11 is 5.81. The molecule has 20 heavy (non-hydrogen) atoms. The van der Waals surface area contributed by atoms with E-state index in [1.807, 2.05) is 18.2 Å². The van der Waals surface area contributed by atoms with Gasteiger partial charge >= 0.3 is 0 Å². The van der Waals surface area contributed by atoms with Gasteiger partial charge in [0.2, 0.25) is 0 Å². The molecule has 0 aliphatic rings. The Morgan fingerprint density at radius 1 is 1.35 bits per heavy atom. The molecule has 2 aromatic rings. The maximum absolute atomic E-state index is 5.81. The predicted octanol–water partition coefficient (Wildman–Crippen LogP) is 2.80. The van der Waals surface area contributed by atoms with Gasteiger partial charge in [0.15, 0.2) is 0 Å². The second-order valence-electron chi connectivity index (χ2n) is 4.65. The highest BCUT2D eigenvalue weighted by Crippen LogP contribution is 2.25. The van der Waals surface area contributed by atoms with Gasteiger partial charge in [0.25, 0.3) is 0 Å². The van der Waals surface area contributed by atoms with Gasteiger partial charge in [-0.05, 0) is 36.6 Å². The number of halogens is 1. The number of aryl methyl sites for hydroxylation is 1. The molecule has 0 bridgehead atoms. The molecule has 3 N–H and O–H groups in total. The minimum Gasteiger partial charge on any atom is -0.496 e. The van der Waals surface area contributed by atoms with Crippen LogP contribution in [0.3, 0.4) is 0 Å². The fourth-order valence-corrected chi connectivity index (χ4v) is 2.26. The second kappa shape index (κ2) is 6.70. The van der Waals surface area contributed by atoms with Crippen LogP contribution in [0.2, 0.25) is 5.15 Å². The van der Waals surface area contributed by atoms with Crippen LogP contribution in [0.5, 0.6) is 5.75 Å². The van der Waals surface area contributed by atoms with Crippen LogP contribution < -0.4 is 16.0 Å². The molecular weight excluding hydrogens is 274 g/mol. The third kappa shape index (κ3) is 3.48. The maximum atomic E-state index is 5.81. The quantitative estimate of drug-likeness (QED) is 0.505. The Hall–Kier alpha value is -1.62. The number of hydrogen-bond donors (Lipinski definition) is 2. The molecule has 0 radical (unpaired) electrons. The van der Waals surface area contributed by atoms with Crippen molar-refractivity contribution in [3.8, 4) is 5.75 Å². The van der Waals surface area contributed by atoms with Crippen LogP contribution in [-0.4, -0.2) is 12.1 Å². The van der Waals surface area contributed by atoms with E-state index in [-0.39, 0.29) is 6.04 Å². The summed E-state index contributed by atoms with van der Waals surface area (Å²) in [6.45, 7) is 2.05. The number of aromatic nitrogens is 1. The number of pyridine rings is 1. The smallest absolute Gasteiger partial charge is 0.129 e. The summed E-state index contributed by atoms with van der Waals surface area (Å²) in [4.78, 5) is 4.09. The van der Waals surface area contributed by atoms with Gasteiger partial charge in [-0.2, -0.15) is 0 Å². The predicted molar refractivity (Wildman–Crippen MR) is 80.7 cm³/mol. The highest BCUT2D eigenvalue weighted by atomic mass is 35.5. The molecule has 0 spiro atoms. The van der Waals surface area contributed by atoms with Crippen molar-refractivity contribution in [3.63, 3.8) is 0 Å². The van der Waals surface area contributed by atoms with E-state index < -0.39 is 0 Å². The Kier molecular flexibility index (Phi) is 4.95. The number of hydrogen-bond acceptors (Lipinski definition) is 4. The highest BCUT2D eigenvalue weighted by molar-refractivity contribution is 6.29. The van der Waals surface area contributed by atoms with Crippen molar-refractivity contribution in [2.75, 3.05) is 7.11 Å². The molecule has 1 atom stereocenters. The normalized spacial score (nSPS) is 12.2. The van der Waals surface area contributed by atoms with Gasteiger partial charge in [-0.15, -0.1) is 0 Å². The van der Waals surface area contributed by atoms with Crippen LogP contribution in [0.15, 0.2) is 36.5 Å². The van der Waals surface area contributed by atoms with E-state index in [2.05, 4.69) is 23.4 Å². The third-order valence-electron chi connectivity index (χ3n) is 3.21. The molecule has 0 saturated heterocycles. The number of rotatable bonds is 5. The van der Waals surface area contributed by atoms with E-state index in [1.54, 1.807) is 19.4 Å². The van der Waals surface area contributed by atoms with Crippen molar-refractivity contribution < 1.29 is 4.74 Å². The fourth-order valence-electron chi connectivity index (χ4n) is 2.15. The minimum absolute atomic E-state index is 0.0459. The summed E-state index contributed by atoms with van der Waals surface area (Å²) < 4.78 is 5.40. The first-order valence-electron chi connectivity index (χ1n) is 6.35. The minimum atomic E-state index is -0.0459. The average Bonchev–Trinajstić information content (AvgIpc) is 2.46. The van der Waals surface area contributed by atoms with Gasteiger partial charge < -0.3 is 4.74 Å². The van der Waals surface area contributed by atoms with E-state index in [4.69, 9.17) is 22.2 Å². The van der Waals surface area contributed by atoms with E-state index in [9.17, 15) is 0 Å². The molecule has 1 unspecified atom stereocenters. The summed E-state index contributed by atoms with van der Waals surface area (Å²) in [5, 5.41) is 0.470. The molecule has 2 rings (SSSR count). The molecule has 106 valence electrons. The molecule has 5 heteroatoms. The summed E-state index contributed by atoms with van der Waals surface area (Å²) in [6, 6.07) is 9.73. The van der Waals surface area contributed by atoms with Crippen LogP contribution in [0.4, 0.5) is 0 Å². The lowest BCUT2D eigenvalue weighted by molar-refractivity contribution is 0.405. The molecule has 0 amide bonds. The number of methoxy groups -OCH3 is 1. The van der Waals surface area contributed by atoms with Crippen molar-refractivity contribution >= 4 is 11.6 Å². The average molecular weight is 292 g/mol. The van der Waals surface area contributed by atoms with Gasteiger partial charge in [0, 0.05) is 6.20 Å². The number of nitrogens with zero attached hydrogens (tertiary/aromatic N) is 1. The summed E-state index contributed by atoms with van der Waals surface area (Å²) in [6.07, 6.45) is 2.44. The number of nitrogens with one attached hydrogen (secondary N) is 1. The fraction of sp³-hybridized carbons (Fsp3) is 0.267. The maximum Gasteiger partial charge on any atom is 0.129 e. The number of hydrazine groups is 1. The number of nitrogens with two attached hydrogens (primary N) is 1. The molecule has 1 heterocycles. The summed E-state index contributed by atoms with van der Waals surface area (Å²) in [7, 11) is 1.67. The van der Waals surface area contributed by atoms with Gasteiger partial charge in [-0.25, -0.2) is 4.98 Å². The van der Waals surface area contributed by atoms with Crippen molar-refractivity contribution in [3.05, 3.63) is 58.4 Å². The SMILES string of the molecule is COc1ccc(C)cc1CC(NN)c1ccc(Cl)nc1. The summed E-state index contributed by atoms with van der Waals surface area (Å²) in [5.41, 5.74) is 6.09. The molecule has 1 aromatic carbocycles. The molecule has 0 aliphatic heterocycles. The van der Waals surface area contributed by atoms with Gasteiger partial charge in [-0.1, -0.05) is 35.4 Å². The van der Waals surface area contributed by atoms with Crippen molar-refractivity contribution in [2.24, 2.45) is 5.84 Å². The molecule has 4 nitrogen and oxygen atoms in total. The Morgan fingerprint density at radius 3 is 2.75 bits per heavy atom. The van der Waals surface area contributed by atoms with Crippen molar-refractivity contribution in [2.45, 2.75) is 19.4 Å². The van der Waals surface area contributed by atoms with Crippen LogP contribution in [-0.2, 0) is 6.42 Å². The van der Waals surface area contributed by atoms with E-state index >= 15 is 0 Å². The van der Waals surface area contributed by atoms with Crippen LogP contribution in [0.1, 0.15) is 22.7 Å². The van der Waals surface area contributed by atoms with Crippen LogP contribution in [0.25, 0.3) is 0 Å². The lowest BCUT2D eigenvalue weighted by Crippen LogP contribution is -2.29. The van der Waals surface area contributed by atoms with Crippen molar-refractivity contribution in [1.82, 2.24) is 10.4 Å². The Bertz CT molecular complexity index is 572. The Labute approximate surface area is 123 Å².